The van der Waals surface area contributed by atoms with E-state index >= 15 is 0 Å². The molecule has 82 valence electrons. The maximum Gasteiger partial charge on any atom is 0.231 e. The molecule has 0 unspecified atom stereocenters. The number of amides is 1. The molecule has 1 aromatic carbocycles. The average molecular weight is 233 g/mol. The van der Waals surface area contributed by atoms with Crippen LogP contribution in [0.5, 0.6) is 0 Å². The first kappa shape index (κ1) is 10.8. The van der Waals surface area contributed by atoms with E-state index in [9.17, 15) is 9.59 Å². The fourth-order valence-electron chi connectivity index (χ4n) is 1.48. The Hall–Kier alpha value is -1.68. The second-order valence-corrected chi connectivity index (χ2v) is 4.55. The lowest BCUT2D eigenvalue weighted by Crippen LogP contribution is -2.14. The summed E-state index contributed by atoms with van der Waals surface area (Å²) < 4.78 is 1.18. The first-order valence-electron chi connectivity index (χ1n) is 4.92. The van der Waals surface area contributed by atoms with E-state index in [0.29, 0.717) is 0 Å². The molecule has 0 aliphatic carbocycles. The lowest BCUT2D eigenvalue weighted by Gasteiger charge is -2.03. The zero-order valence-electron chi connectivity index (χ0n) is 8.82. The number of thiophene rings is 1. The van der Waals surface area contributed by atoms with Crippen LogP contribution in [-0.2, 0) is 9.59 Å². The molecule has 1 aromatic heterocycles. The van der Waals surface area contributed by atoms with Gasteiger partial charge in [-0.15, -0.1) is 11.3 Å². The van der Waals surface area contributed by atoms with E-state index in [4.69, 9.17) is 0 Å². The maximum atomic E-state index is 11.4. The Morgan fingerprint density at radius 2 is 2.12 bits per heavy atom. The second-order valence-electron chi connectivity index (χ2n) is 3.60. The van der Waals surface area contributed by atoms with E-state index in [2.05, 4.69) is 5.32 Å². The Balaban J connectivity index is 2.14. The fourth-order valence-corrected chi connectivity index (χ4v) is 2.25. The van der Waals surface area contributed by atoms with E-state index in [1.807, 2.05) is 29.6 Å². The van der Waals surface area contributed by atoms with Crippen molar-refractivity contribution in [2.24, 2.45) is 0 Å². The lowest BCUT2D eigenvalue weighted by atomic mass is 10.2. The molecule has 2 aromatic rings. The van der Waals surface area contributed by atoms with Crippen LogP contribution >= 0.6 is 11.3 Å². The summed E-state index contributed by atoms with van der Waals surface area (Å²) in [5.74, 6) is -0.392. The SMILES string of the molecule is CC(=O)CC(=O)Nc1ccc2sccc2c1. The van der Waals surface area contributed by atoms with Gasteiger partial charge in [0.2, 0.25) is 5.91 Å². The number of hydrogen-bond donors (Lipinski definition) is 1. The average Bonchev–Trinajstić information content (AvgIpc) is 2.63. The van der Waals surface area contributed by atoms with Crippen LogP contribution in [-0.4, -0.2) is 11.7 Å². The van der Waals surface area contributed by atoms with Crippen molar-refractivity contribution >= 4 is 38.8 Å². The van der Waals surface area contributed by atoms with E-state index < -0.39 is 0 Å². The first-order chi connectivity index (χ1) is 7.65. The highest BCUT2D eigenvalue weighted by Gasteiger charge is 2.05. The number of nitrogens with one attached hydrogen (secondary N) is 1. The number of fused-ring (bicyclic) bond motifs is 1. The van der Waals surface area contributed by atoms with Gasteiger partial charge in [0, 0.05) is 10.4 Å². The number of ketones is 1. The predicted octanol–water partition coefficient (Wildman–Crippen LogP) is 2.82. The van der Waals surface area contributed by atoms with Crippen molar-refractivity contribution in [3.63, 3.8) is 0 Å². The van der Waals surface area contributed by atoms with Gasteiger partial charge in [-0.2, -0.15) is 0 Å². The van der Waals surface area contributed by atoms with Crippen LogP contribution in [0.2, 0.25) is 0 Å². The molecular weight excluding hydrogens is 222 g/mol. The van der Waals surface area contributed by atoms with Gasteiger partial charge in [0.25, 0.3) is 0 Å². The largest absolute Gasteiger partial charge is 0.326 e. The Labute approximate surface area is 97.1 Å². The molecule has 1 amide bonds. The molecule has 0 aliphatic heterocycles. The number of Topliss-reactive ketones (excluding diaryl/α,β-unsaturated/α-hetero) is 1. The van der Waals surface area contributed by atoms with Gasteiger partial charge in [-0.1, -0.05) is 0 Å². The molecule has 0 saturated heterocycles. The molecule has 1 N–H and O–H groups in total. The number of rotatable bonds is 3. The van der Waals surface area contributed by atoms with E-state index in [1.54, 1.807) is 11.3 Å². The van der Waals surface area contributed by atoms with Crippen LogP contribution in [0.15, 0.2) is 29.6 Å². The summed E-state index contributed by atoms with van der Waals surface area (Å²) in [4.78, 5) is 22.1. The zero-order valence-corrected chi connectivity index (χ0v) is 9.64. The minimum absolute atomic E-state index is 0.0678. The maximum absolute atomic E-state index is 11.4. The van der Waals surface area contributed by atoms with E-state index in [1.165, 1.54) is 11.6 Å². The highest BCUT2D eigenvalue weighted by molar-refractivity contribution is 7.17. The van der Waals surface area contributed by atoms with Gasteiger partial charge >= 0.3 is 0 Å². The molecule has 0 saturated carbocycles. The fraction of sp³-hybridized carbons (Fsp3) is 0.167. The summed E-state index contributed by atoms with van der Waals surface area (Å²) >= 11 is 1.66. The normalized spacial score (nSPS) is 10.3. The van der Waals surface area contributed by atoms with E-state index in [0.717, 1.165) is 11.1 Å². The summed E-state index contributed by atoms with van der Waals surface area (Å²) in [5.41, 5.74) is 0.733. The van der Waals surface area contributed by atoms with Crippen molar-refractivity contribution in [2.75, 3.05) is 5.32 Å². The minimum atomic E-state index is -0.262. The highest BCUT2D eigenvalue weighted by Crippen LogP contribution is 2.23. The molecule has 2 rings (SSSR count). The van der Waals surface area contributed by atoms with Gasteiger partial charge in [-0.25, -0.2) is 0 Å². The number of benzene rings is 1. The zero-order chi connectivity index (χ0) is 11.5. The molecule has 3 nitrogen and oxygen atoms in total. The van der Waals surface area contributed by atoms with Crippen molar-refractivity contribution in [2.45, 2.75) is 13.3 Å². The smallest absolute Gasteiger partial charge is 0.231 e. The van der Waals surface area contributed by atoms with Crippen molar-refractivity contribution in [3.05, 3.63) is 29.6 Å². The molecule has 0 atom stereocenters. The van der Waals surface area contributed by atoms with Crippen LogP contribution in [0.4, 0.5) is 5.69 Å². The van der Waals surface area contributed by atoms with E-state index in [-0.39, 0.29) is 18.1 Å². The van der Waals surface area contributed by atoms with Crippen molar-refractivity contribution < 1.29 is 9.59 Å². The third-order valence-corrected chi connectivity index (χ3v) is 3.04. The Morgan fingerprint density at radius 1 is 1.31 bits per heavy atom. The predicted molar refractivity (Wildman–Crippen MR) is 65.8 cm³/mol. The van der Waals surface area contributed by atoms with Crippen LogP contribution in [0.3, 0.4) is 0 Å². The summed E-state index contributed by atoms with van der Waals surface area (Å²) in [6.45, 7) is 1.40. The number of carbonyl (C=O) groups excluding carboxylic acids is 2. The quantitative estimate of drug-likeness (QED) is 0.828. The lowest BCUT2D eigenvalue weighted by molar-refractivity contribution is -0.124. The topological polar surface area (TPSA) is 46.2 Å². The van der Waals surface area contributed by atoms with Crippen molar-refractivity contribution in [1.29, 1.82) is 0 Å². The number of hydrogen-bond acceptors (Lipinski definition) is 3. The monoisotopic (exact) mass is 233 g/mol. The van der Waals surface area contributed by atoms with Crippen LogP contribution in [0.25, 0.3) is 10.1 Å². The van der Waals surface area contributed by atoms with Crippen molar-refractivity contribution in [3.8, 4) is 0 Å². The van der Waals surface area contributed by atoms with Gasteiger partial charge in [0.1, 0.15) is 5.78 Å². The first-order valence-corrected chi connectivity index (χ1v) is 5.79. The standard InChI is InChI=1S/C12H11NO2S/c1-8(14)6-12(15)13-10-2-3-11-9(7-10)4-5-16-11/h2-5,7H,6H2,1H3,(H,13,15). The highest BCUT2D eigenvalue weighted by atomic mass is 32.1. The summed E-state index contributed by atoms with van der Waals surface area (Å²) in [5, 5.41) is 5.81. The van der Waals surface area contributed by atoms with Crippen LogP contribution < -0.4 is 5.32 Å². The van der Waals surface area contributed by atoms with Gasteiger partial charge in [0.15, 0.2) is 0 Å². The van der Waals surface area contributed by atoms with Gasteiger partial charge in [-0.3, -0.25) is 9.59 Å². The Kier molecular flexibility index (Phi) is 3.01. The van der Waals surface area contributed by atoms with Gasteiger partial charge in [-0.05, 0) is 42.0 Å². The summed E-state index contributed by atoms with van der Waals surface area (Å²) in [6, 6.07) is 7.71. The van der Waals surface area contributed by atoms with Crippen LogP contribution in [0.1, 0.15) is 13.3 Å². The number of carbonyl (C=O) groups is 2. The molecule has 0 fully saturated rings. The van der Waals surface area contributed by atoms with Crippen LogP contribution in [0, 0.1) is 0 Å². The molecule has 0 bridgehead atoms. The summed E-state index contributed by atoms with van der Waals surface area (Å²) in [7, 11) is 0. The Morgan fingerprint density at radius 3 is 2.88 bits per heavy atom. The molecular formula is C12H11NO2S. The Bertz CT molecular complexity index is 545. The summed E-state index contributed by atoms with van der Waals surface area (Å²) in [6.07, 6.45) is -0.0678. The minimum Gasteiger partial charge on any atom is -0.326 e. The third kappa shape index (κ3) is 2.46. The van der Waals surface area contributed by atoms with Crippen molar-refractivity contribution in [1.82, 2.24) is 0 Å². The molecule has 4 heteroatoms. The molecule has 16 heavy (non-hydrogen) atoms. The molecule has 0 aliphatic rings. The van der Waals surface area contributed by atoms with Gasteiger partial charge in [0.05, 0.1) is 6.42 Å². The molecule has 0 spiro atoms. The van der Waals surface area contributed by atoms with Gasteiger partial charge < -0.3 is 5.32 Å². The second kappa shape index (κ2) is 4.45. The number of anilines is 1. The molecule has 1 heterocycles. The molecule has 0 radical (unpaired) electrons. The third-order valence-electron chi connectivity index (χ3n) is 2.15.